The van der Waals surface area contributed by atoms with E-state index >= 15 is 0 Å². The normalized spacial score (nSPS) is 16.6. The van der Waals surface area contributed by atoms with Gasteiger partial charge in [-0.25, -0.2) is 14.4 Å². The number of rotatable bonds is 9. The first kappa shape index (κ1) is 28.3. The number of halogens is 1. The summed E-state index contributed by atoms with van der Waals surface area (Å²) in [6, 6.07) is 7.50. The molecule has 3 aromatic heterocycles. The molecule has 0 aliphatic carbocycles. The van der Waals surface area contributed by atoms with Crippen molar-refractivity contribution in [1.29, 1.82) is 0 Å². The van der Waals surface area contributed by atoms with E-state index < -0.39 is 24.1 Å². The summed E-state index contributed by atoms with van der Waals surface area (Å²) in [6.07, 6.45) is 5.32. The molecule has 13 heteroatoms. The third-order valence-corrected chi connectivity index (χ3v) is 6.92. The Labute approximate surface area is 237 Å². The van der Waals surface area contributed by atoms with Crippen LogP contribution in [0.1, 0.15) is 60.9 Å². The summed E-state index contributed by atoms with van der Waals surface area (Å²) in [7, 11) is 1.83. The van der Waals surface area contributed by atoms with E-state index in [1.54, 1.807) is 37.8 Å². The second-order valence-electron chi connectivity index (χ2n) is 11.0. The number of β-amino-alcohol motifs (C(OH)–C–C–N with tert-alkyl or cyclic N) is 1. The minimum Gasteiger partial charge on any atom is -0.416 e. The van der Waals surface area contributed by atoms with E-state index in [-0.39, 0.29) is 17.8 Å². The lowest BCUT2D eigenvalue weighted by Gasteiger charge is -2.22. The van der Waals surface area contributed by atoms with Gasteiger partial charge < -0.3 is 20.2 Å². The zero-order valence-corrected chi connectivity index (χ0v) is 23.5. The fourth-order valence-electron chi connectivity index (χ4n) is 4.77. The van der Waals surface area contributed by atoms with Gasteiger partial charge >= 0.3 is 11.8 Å². The fraction of sp³-hybridized carbons (Fsp3) is 0.429. The molecule has 5 rings (SSSR count). The third-order valence-electron chi connectivity index (χ3n) is 6.92. The van der Waals surface area contributed by atoms with E-state index in [4.69, 9.17) is 4.42 Å². The highest BCUT2D eigenvalue weighted by atomic mass is 19.1. The Morgan fingerprint density at radius 2 is 2.12 bits per heavy atom. The van der Waals surface area contributed by atoms with E-state index in [1.165, 1.54) is 0 Å². The van der Waals surface area contributed by atoms with Crippen molar-refractivity contribution >= 4 is 17.5 Å². The second kappa shape index (κ2) is 11.7. The largest absolute Gasteiger partial charge is 0.416 e. The highest BCUT2D eigenvalue weighted by Gasteiger charge is 2.31. The maximum atomic E-state index is 13.4. The van der Waals surface area contributed by atoms with Gasteiger partial charge in [0.1, 0.15) is 6.67 Å². The van der Waals surface area contributed by atoms with Crippen LogP contribution in [0.15, 0.2) is 47.3 Å². The molecule has 0 saturated heterocycles. The molecule has 4 aromatic rings. The summed E-state index contributed by atoms with van der Waals surface area (Å²) in [5.41, 5.74) is 3.36. The number of amides is 1. The molecule has 1 amide bonds. The monoisotopic (exact) mass is 563 g/mol. The second-order valence-corrected chi connectivity index (χ2v) is 11.0. The number of aliphatic hydroxyl groups is 1. The Balaban J connectivity index is 1.41. The molecule has 2 atom stereocenters. The Morgan fingerprint density at radius 1 is 1.29 bits per heavy atom. The van der Waals surface area contributed by atoms with Gasteiger partial charge in [0.05, 0.1) is 35.1 Å². The third kappa shape index (κ3) is 6.57. The number of aryl methyl sites for hydroxylation is 1. The topological polar surface area (TPSA) is 147 Å². The average molecular weight is 564 g/mol. The first-order valence-corrected chi connectivity index (χ1v) is 13.4. The van der Waals surface area contributed by atoms with Crippen LogP contribution in [0.5, 0.6) is 0 Å². The van der Waals surface area contributed by atoms with Crippen LogP contribution in [0.4, 0.5) is 16.0 Å². The van der Waals surface area contributed by atoms with Gasteiger partial charge in [0, 0.05) is 44.6 Å². The Kier molecular flexibility index (Phi) is 8.08. The predicted molar refractivity (Wildman–Crippen MR) is 149 cm³/mol. The molecular formula is C28H34FN9O3. The number of carbonyl (C=O) groups excluding carboxylic acids is 1. The van der Waals surface area contributed by atoms with Crippen molar-refractivity contribution in [2.45, 2.75) is 51.3 Å². The van der Waals surface area contributed by atoms with Crippen LogP contribution < -0.4 is 10.6 Å². The van der Waals surface area contributed by atoms with Crippen molar-refractivity contribution in [1.82, 2.24) is 40.2 Å². The standard InChI is InChI=1S/C28H34FN9O3/c1-17(39)13-38-10-8-23(33-24(40)25-35-36-26(41-25)28(2,3)16-29)21-6-5-18(11-19(21)14-38)22-7-9-30-27(34-22)32-20-12-31-37(4)15-20/h5-7,9,11-12,15,17,23,39H,8,10,13-14,16H2,1-4H3,(H,33,40)(H,30,32,34)/t17-,23+/m0/s1. The van der Waals surface area contributed by atoms with Crippen LogP contribution in [0.3, 0.4) is 0 Å². The quantitative estimate of drug-likeness (QED) is 0.277. The number of carbonyl (C=O) groups is 1. The van der Waals surface area contributed by atoms with Crippen LogP contribution >= 0.6 is 0 Å². The van der Waals surface area contributed by atoms with Gasteiger partial charge in [-0.05, 0) is 50.5 Å². The van der Waals surface area contributed by atoms with E-state index in [1.807, 2.05) is 31.4 Å². The molecule has 216 valence electrons. The summed E-state index contributed by atoms with van der Waals surface area (Å²) in [5.74, 6) is -0.216. The van der Waals surface area contributed by atoms with Crippen LogP contribution in [0.25, 0.3) is 11.3 Å². The molecule has 0 saturated carbocycles. The zero-order valence-electron chi connectivity index (χ0n) is 23.5. The maximum Gasteiger partial charge on any atom is 0.309 e. The molecule has 0 fully saturated rings. The molecule has 1 aliphatic heterocycles. The van der Waals surface area contributed by atoms with Crippen molar-refractivity contribution in [3.05, 3.63) is 65.8 Å². The number of alkyl halides is 1. The SMILES string of the molecule is C[C@H](O)CN1CC[C@@H](NC(=O)c2nnc(C(C)(C)CF)o2)c2ccc(-c3ccnc(Nc4cnn(C)c4)n3)cc2C1. The summed E-state index contributed by atoms with van der Waals surface area (Å²) >= 11 is 0. The first-order valence-electron chi connectivity index (χ1n) is 13.4. The zero-order chi connectivity index (χ0) is 29.1. The number of hydrogen-bond donors (Lipinski definition) is 3. The van der Waals surface area contributed by atoms with Gasteiger partial charge in [-0.3, -0.25) is 14.4 Å². The molecular weight excluding hydrogens is 529 g/mol. The Morgan fingerprint density at radius 3 is 2.85 bits per heavy atom. The molecule has 12 nitrogen and oxygen atoms in total. The van der Waals surface area contributed by atoms with E-state index in [9.17, 15) is 14.3 Å². The lowest BCUT2D eigenvalue weighted by atomic mass is 9.96. The molecule has 1 aromatic carbocycles. The van der Waals surface area contributed by atoms with Crippen LogP contribution in [0, 0.1) is 0 Å². The van der Waals surface area contributed by atoms with Crippen LogP contribution in [-0.2, 0) is 19.0 Å². The Bertz CT molecular complexity index is 1520. The van der Waals surface area contributed by atoms with Gasteiger partial charge in [0.15, 0.2) is 0 Å². The first-order chi connectivity index (χ1) is 19.6. The van der Waals surface area contributed by atoms with E-state index in [2.05, 4.69) is 46.9 Å². The lowest BCUT2D eigenvalue weighted by Crippen LogP contribution is -2.32. The fourth-order valence-corrected chi connectivity index (χ4v) is 4.77. The van der Waals surface area contributed by atoms with E-state index in [0.29, 0.717) is 32.0 Å². The summed E-state index contributed by atoms with van der Waals surface area (Å²) in [5, 5.41) is 28.2. The lowest BCUT2D eigenvalue weighted by molar-refractivity contribution is 0.0887. The maximum absolute atomic E-state index is 13.4. The van der Waals surface area contributed by atoms with Crippen LogP contribution in [-0.4, -0.2) is 71.7 Å². The molecule has 41 heavy (non-hydrogen) atoms. The highest BCUT2D eigenvalue weighted by molar-refractivity contribution is 5.89. The van der Waals surface area contributed by atoms with Crippen molar-refractivity contribution in [3.63, 3.8) is 0 Å². The molecule has 1 aliphatic rings. The van der Waals surface area contributed by atoms with Gasteiger partial charge in [-0.2, -0.15) is 5.10 Å². The summed E-state index contributed by atoms with van der Waals surface area (Å²) in [6.45, 7) is 6.05. The van der Waals surface area contributed by atoms with Gasteiger partial charge in [0.25, 0.3) is 0 Å². The number of hydrogen-bond acceptors (Lipinski definition) is 10. The van der Waals surface area contributed by atoms with Crippen molar-refractivity contribution < 1.29 is 18.7 Å². The molecule has 4 heterocycles. The molecule has 3 N–H and O–H groups in total. The summed E-state index contributed by atoms with van der Waals surface area (Å²) in [4.78, 5) is 24.3. The average Bonchev–Trinajstić information content (AvgIpc) is 3.57. The Hall–Kier alpha value is -4.23. The minimum atomic E-state index is -0.979. The minimum absolute atomic E-state index is 0.0707. The predicted octanol–water partition coefficient (Wildman–Crippen LogP) is 3.31. The van der Waals surface area contributed by atoms with E-state index in [0.717, 1.165) is 28.1 Å². The highest BCUT2D eigenvalue weighted by Crippen LogP contribution is 2.31. The van der Waals surface area contributed by atoms with Gasteiger partial charge in [-0.15, -0.1) is 10.2 Å². The summed E-state index contributed by atoms with van der Waals surface area (Å²) < 4.78 is 20.6. The molecule has 0 bridgehead atoms. The number of fused-ring (bicyclic) bond motifs is 1. The number of nitrogens with one attached hydrogen (secondary N) is 2. The van der Waals surface area contributed by atoms with Crippen LogP contribution in [0.2, 0.25) is 0 Å². The van der Waals surface area contributed by atoms with Gasteiger partial charge in [0.2, 0.25) is 11.8 Å². The number of aliphatic hydroxyl groups excluding tert-OH is 1. The molecule has 0 unspecified atom stereocenters. The number of aromatic nitrogens is 6. The molecule has 0 radical (unpaired) electrons. The van der Waals surface area contributed by atoms with Crippen molar-refractivity contribution in [2.24, 2.45) is 7.05 Å². The number of benzene rings is 1. The van der Waals surface area contributed by atoms with Crippen molar-refractivity contribution in [3.8, 4) is 11.3 Å². The number of anilines is 2. The molecule has 0 spiro atoms. The van der Waals surface area contributed by atoms with Crippen molar-refractivity contribution in [2.75, 3.05) is 25.1 Å². The van der Waals surface area contributed by atoms with Gasteiger partial charge in [-0.1, -0.05) is 12.1 Å². The smallest absolute Gasteiger partial charge is 0.309 e. The number of nitrogens with zero attached hydrogens (tertiary/aromatic N) is 7.